The van der Waals surface area contributed by atoms with E-state index in [4.69, 9.17) is 4.74 Å². The molecule has 5 heteroatoms. The molecule has 1 aromatic carbocycles. The summed E-state index contributed by atoms with van der Waals surface area (Å²) < 4.78 is 18.8. The zero-order chi connectivity index (χ0) is 14.5. The Morgan fingerprint density at radius 2 is 2.35 bits per heavy atom. The minimum absolute atomic E-state index is 0.0248. The largest absolute Gasteiger partial charge is 0.497 e. The highest BCUT2D eigenvalue weighted by atomic mass is 19.1. The van der Waals surface area contributed by atoms with E-state index in [0.29, 0.717) is 11.7 Å². The number of halogens is 1. The van der Waals surface area contributed by atoms with E-state index in [2.05, 4.69) is 10.6 Å². The quantitative estimate of drug-likeness (QED) is 0.886. The zero-order valence-corrected chi connectivity index (χ0v) is 11.9. The number of methoxy groups -OCH3 is 1. The molecule has 1 fully saturated rings. The van der Waals surface area contributed by atoms with Crippen LogP contribution in [-0.2, 0) is 0 Å². The summed E-state index contributed by atoms with van der Waals surface area (Å²) in [5.41, 5.74) is 0.0569. The van der Waals surface area contributed by atoms with E-state index in [9.17, 15) is 9.18 Å². The van der Waals surface area contributed by atoms with Gasteiger partial charge in [0.05, 0.1) is 12.7 Å². The number of rotatable bonds is 4. The highest BCUT2D eigenvalue weighted by Gasteiger charge is 2.22. The van der Waals surface area contributed by atoms with Gasteiger partial charge in [0.1, 0.15) is 11.6 Å². The Morgan fingerprint density at radius 3 is 2.95 bits per heavy atom. The minimum Gasteiger partial charge on any atom is -0.497 e. The fourth-order valence-electron chi connectivity index (χ4n) is 2.51. The Labute approximate surface area is 118 Å². The first-order valence-corrected chi connectivity index (χ1v) is 6.97. The van der Waals surface area contributed by atoms with Gasteiger partial charge in [-0.1, -0.05) is 0 Å². The van der Waals surface area contributed by atoms with Crippen molar-refractivity contribution >= 4 is 5.91 Å². The topological polar surface area (TPSA) is 50.4 Å². The van der Waals surface area contributed by atoms with Crippen LogP contribution in [0.15, 0.2) is 18.2 Å². The second-order valence-electron chi connectivity index (χ2n) is 5.21. The van der Waals surface area contributed by atoms with Gasteiger partial charge in [-0.25, -0.2) is 4.39 Å². The van der Waals surface area contributed by atoms with Crippen molar-refractivity contribution in [2.75, 3.05) is 20.2 Å². The molecule has 1 aliphatic rings. The van der Waals surface area contributed by atoms with Gasteiger partial charge >= 0.3 is 0 Å². The Balaban J connectivity index is 2.00. The van der Waals surface area contributed by atoms with Crippen molar-refractivity contribution < 1.29 is 13.9 Å². The van der Waals surface area contributed by atoms with Gasteiger partial charge in [0.25, 0.3) is 5.91 Å². The van der Waals surface area contributed by atoms with Crippen molar-refractivity contribution in [1.82, 2.24) is 10.6 Å². The van der Waals surface area contributed by atoms with Gasteiger partial charge in [-0.3, -0.25) is 4.79 Å². The van der Waals surface area contributed by atoms with Crippen molar-refractivity contribution in [2.24, 2.45) is 5.92 Å². The number of amides is 1. The molecular formula is C15H21FN2O2. The number of ether oxygens (including phenoxy) is 1. The molecular weight excluding hydrogens is 259 g/mol. The van der Waals surface area contributed by atoms with E-state index >= 15 is 0 Å². The second-order valence-corrected chi connectivity index (χ2v) is 5.21. The SMILES string of the molecule is COc1ccc(C(=O)NC(C)C2CCCNC2)c(F)c1. The lowest BCUT2D eigenvalue weighted by Crippen LogP contribution is -2.44. The van der Waals surface area contributed by atoms with Crippen molar-refractivity contribution in [1.29, 1.82) is 0 Å². The van der Waals surface area contributed by atoms with Crippen LogP contribution in [0.4, 0.5) is 4.39 Å². The predicted octanol–water partition coefficient (Wildman–Crippen LogP) is 1.95. The van der Waals surface area contributed by atoms with Crippen LogP contribution >= 0.6 is 0 Å². The van der Waals surface area contributed by atoms with Crippen molar-refractivity contribution in [3.63, 3.8) is 0 Å². The number of carbonyl (C=O) groups excluding carboxylic acids is 1. The molecule has 0 saturated carbocycles. The van der Waals surface area contributed by atoms with Gasteiger partial charge in [0.2, 0.25) is 0 Å². The molecule has 0 aliphatic carbocycles. The fourth-order valence-corrected chi connectivity index (χ4v) is 2.51. The average Bonchev–Trinajstić information content (AvgIpc) is 2.47. The molecule has 1 heterocycles. The summed E-state index contributed by atoms with van der Waals surface area (Å²) in [6, 6.07) is 4.29. The van der Waals surface area contributed by atoms with Crippen LogP contribution in [0.5, 0.6) is 5.75 Å². The molecule has 4 nitrogen and oxygen atoms in total. The zero-order valence-electron chi connectivity index (χ0n) is 11.9. The summed E-state index contributed by atoms with van der Waals surface area (Å²) in [5, 5.41) is 6.20. The Morgan fingerprint density at radius 1 is 1.55 bits per heavy atom. The lowest BCUT2D eigenvalue weighted by molar-refractivity contribution is 0.0918. The maximum absolute atomic E-state index is 13.8. The van der Waals surface area contributed by atoms with E-state index < -0.39 is 5.82 Å². The molecule has 110 valence electrons. The summed E-state index contributed by atoms with van der Waals surface area (Å²) in [5.74, 6) is -0.128. The van der Waals surface area contributed by atoms with Crippen molar-refractivity contribution in [3.05, 3.63) is 29.6 Å². The molecule has 0 aromatic heterocycles. The summed E-state index contributed by atoms with van der Waals surface area (Å²) >= 11 is 0. The maximum atomic E-state index is 13.8. The van der Waals surface area contributed by atoms with Gasteiger partial charge in [-0.15, -0.1) is 0 Å². The van der Waals surface area contributed by atoms with Gasteiger partial charge in [0, 0.05) is 12.1 Å². The lowest BCUT2D eigenvalue weighted by atomic mass is 9.92. The van der Waals surface area contributed by atoms with Gasteiger partial charge < -0.3 is 15.4 Å². The number of hydrogen-bond donors (Lipinski definition) is 2. The van der Waals surface area contributed by atoms with Crippen LogP contribution < -0.4 is 15.4 Å². The molecule has 20 heavy (non-hydrogen) atoms. The number of piperidine rings is 1. The van der Waals surface area contributed by atoms with Gasteiger partial charge in [-0.2, -0.15) is 0 Å². The Kier molecular flexibility index (Phi) is 4.95. The number of nitrogens with one attached hydrogen (secondary N) is 2. The molecule has 1 aromatic rings. The van der Waals surface area contributed by atoms with Crippen LogP contribution in [0.2, 0.25) is 0 Å². The summed E-state index contributed by atoms with van der Waals surface area (Å²) in [7, 11) is 1.46. The number of benzene rings is 1. The third kappa shape index (κ3) is 3.48. The average molecular weight is 280 g/mol. The molecule has 2 atom stereocenters. The third-order valence-corrected chi connectivity index (χ3v) is 3.82. The Bertz CT molecular complexity index is 473. The van der Waals surface area contributed by atoms with Crippen LogP contribution in [0.25, 0.3) is 0 Å². The van der Waals surface area contributed by atoms with E-state index in [1.54, 1.807) is 6.07 Å². The molecule has 0 bridgehead atoms. The van der Waals surface area contributed by atoms with E-state index in [0.717, 1.165) is 25.9 Å². The van der Waals surface area contributed by atoms with Crippen LogP contribution in [-0.4, -0.2) is 32.1 Å². The smallest absolute Gasteiger partial charge is 0.254 e. The highest BCUT2D eigenvalue weighted by molar-refractivity contribution is 5.94. The van der Waals surface area contributed by atoms with Gasteiger partial charge in [-0.05, 0) is 50.9 Å². The lowest BCUT2D eigenvalue weighted by Gasteiger charge is -2.29. The minimum atomic E-state index is -0.559. The molecule has 1 saturated heterocycles. The maximum Gasteiger partial charge on any atom is 0.254 e. The molecule has 0 spiro atoms. The molecule has 2 N–H and O–H groups in total. The molecule has 2 rings (SSSR count). The van der Waals surface area contributed by atoms with Crippen LogP contribution in [0.1, 0.15) is 30.1 Å². The Hall–Kier alpha value is -1.62. The monoisotopic (exact) mass is 280 g/mol. The fraction of sp³-hybridized carbons (Fsp3) is 0.533. The highest BCUT2D eigenvalue weighted by Crippen LogP contribution is 2.18. The first-order valence-electron chi connectivity index (χ1n) is 6.97. The molecule has 0 radical (unpaired) electrons. The number of carbonyl (C=O) groups is 1. The van der Waals surface area contributed by atoms with Crippen molar-refractivity contribution in [2.45, 2.75) is 25.8 Å². The van der Waals surface area contributed by atoms with Gasteiger partial charge in [0.15, 0.2) is 0 Å². The molecule has 1 aliphatic heterocycles. The third-order valence-electron chi connectivity index (χ3n) is 3.82. The summed E-state index contributed by atoms with van der Waals surface area (Å²) in [6.07, 6.45) is 2.20. The standard InChI is InChI=1S/C15H21FN2O2/c1-10(11-4-3-7-17-9-11)18-15(19)13-6-5-12(20-2)8-14(13)16/h5-6,8,10-11,17H,3-4,7,9H2,1-2H3,(H,18,19). The van der Waals surface area contributed by atoms with Crippen LogP contribution in [0, 0.1) is 11.7 Å². The van der Waals surface area contributed by atoms with E-state index in [1.165, 1.54) is 19.2 Å². The normalized spacial score (nSPS) is 20.2. The summed E-state index contributed by atoms with van der Waals surface area (Å²) in [6.45, 7) is 3.90. The van der Waals surface area contributed by atoms with Crippen molar-refractivity contribution in [3.8, 4) is 5.75 Å². The first kappa shape index (κ1) is 14.8. The van der Waals surface area contributed by atoms with Crippen LogP contribution in [0.3, 0.4) is 0 Å². The van der Waals surface area contributed by atoms with E-state index in [1.807, 2.05) is 6.92 Å². The summed E-state index contributed by atoms with van der Waals surface area (Å²) in [4.78, 5) is 12.1. The second kappa shape index (κ2) is 6.70. The number of hydrogen-bond acceptors (Lipinski definition) is 3. The molecule has 1 amide bonds. The molecule has 2 unspecified atom stereocenters. The first-order chi connectivity index (χ1) is 9.61. The van der Waals surface area contributed by atoms with E-state index in [-0.39, 0.29) is 17.5 Å². The predicted molar refractivity (Wildman–Crippen MR) is 75.5 cm³/mol.